The number of guanidine groups is 1. The molecular weight excluding hydrogens is 380 g/mol. The van der Waals surface area contributed by atoms with Crippen LogP contribution in [0.3, 0.4) is 0 Å². The molecule has 1 amide bonds. The maximum absolute atomic E-state index is 11.1. The third kappa shape index (κ3) is 5.39. The normalized spacial score (nSPS) is 18.8. The van der Waals surface area contributed by atoms with Crippen molar-refractivity contribution in [3.63, 3.8) is 0 Å². The smallest absolute Gasteiger partial charge is 0.217 e. The number of carbonyl (C=O) groups excluding carboxylic acids is 1. The summed E-state index contributed by atoms with van der Waals surface area (Å²) in [5, 5.41) is 4.06. The van der Waals surface area contributed by atoms with Crippen molar-refractivity contribution >= 4 is 39.4 Å². The molecule has 1 heterocycles. The summed E-state index contributed by atoms with van der Waals surface area (Å²) < 4.78 is 0.959. The molecule has 1 aromatic carbocycles. The summed E-state index contributed by atoms with van der Waals surface area (Å²) >= 11 is 9.65. The lowest BCUT2D eigenvalue weighted by molar-refractivity contribution is -0.119. The van der Waals surface area contributed by atoms with Crippen molar-refractivity contribution in [3.8, 4) is 0 Å². The molecule has 1 aliphatic heterocycles. The lowest BCUT2D eigenvalue weighted by Crippen LogP contribution is -2.46. The molecule has 1 atom stereocenters. The van der Waals surface area contributed by atoms with Crippen molar-refractivity contribution in [2.45, 2.75) is 25.8 Å². The topological polar surface area (TPSA) is 70.7 Å². The summed E-state index contributed by atoms with van der Waals surface area (Å²) in [6.07, 6.45) is 2.51. The zero-order valence-corrected chi connectivity index (χ0v) is 15.5. The van der Waals surface area contributed by atoms with Gasteiger partial charge in [-0.15, -0.1) is 0 Å². The first kappa shape index (κ1) is 18.1. The van der Waals surface area contributed by atoms with Crippen LogP contribution in [0.2, 0.25) is 5.02 Å². The Bertz CT molecular complexity index is 593. The van der Waals surface area contributed by atoms with Gasteiger partial charge in [0, 0.05) is 42.6 Å². The highest BCUT2D eigenvalue weighted by Gasteiger charge is 2.23. The highest BCUT2D eigenvalue weighted by molar-refractivity contribution is 9.10. The van der Waals surface area contributed by atoms with Gasteiger partial charge in [-0.25, -0.2) is 0 Å². The van der Waals surface area contributed by atoms with E-state index in [9.17, 15) is 4.79 Å². The van der Waals surface area contributed by atoms with Crippen molar-refractivity contribution in [1.29, 1.82) is 0 Å². The minimum absolute atomic E-state index is 0.235. The summed E-state index contributed by atoms with van der Waals surface area (Å²) in [5.41, 5.74) is 6.33. The highest BCUT2D eigenvalue weighted by atomic mass is 79.9. The minimum atomic E-state index is -0.235. The zero-order valence-electron chi connectivity index (χ0n) is 13.2. The van der Waals surface area contributed by atoms with E-state index in [2.05, 4.69) is 31.1 Å². The maximum atomic E-state index is 11.1. The molecule has 1 unspecified atom stereocenters. The molecule has 3 N–H and O–H groups in total. The van der Waals surface area contributed by atoms with Crippen LogP contribution in [0.5, 0.6) is 0 Å². The van der Waals surface area contributed by atoms with Crippen LogP contribution in [0.4, 0.5) is 0 Å². The minimum Gasteiger partial charge on any atom is -0.370 e. The average molecular weight is 402 g/mol. The molecule has 7 heteroatoms. The Labute approximate surface area is 150 Å². The fourth-order valence-corrected chi connectivity index (χ4v) is 3.62. The van der Waals surface area contributed by atoms with E-state index >= 15 is 0 Å². The van der Waals surface area contributed by atoms with Crippen LogP contribution in [0.25, 0.3) is 0 Å². The molecule has 0 aromatic heterocycles. The largest absolute Gasteiger partial charge is 0.370 e. The molecule has 23 heavy (non-hydrogen) atoms. The number of nitrogens with two attached hydrogens (primary N) is 1. The van der Waals surface area contributed by atoms with E-state index in [4.69, 9.17) is 17.3 Å². The van der Waals surface area contributed by atoms with Gasteiger partial charge in [0.15, 0.2) is 5.96 Å². The molecule has 2 rings (SSSR count). The maximum Gasteiger partial charge on any atom is 0.217 e. The van der Waals surface area contributed by atoms with Gasteiger partial charge in [-0.05, 0) is 36.5 Å². The van der Waals surface area contributed by atoms with Gasteiger partial charge in [-0.3, -0.25) is 9.79 Å². The number of hydrogen-bond donors (Lipinski definition) is 2. The number of nitrogens with zero attached hydrogens (tertiary/aromatic N) is 2. The number of amides is 1. The second-order valence-electron chi connectivity index (χ2n) is 5.76. The van der Waals surface area contributed by atoms with E-state index in [1.807, 2.05) is 18.2 Å². The molecule has 0 saturated carbocycles. The quantitative estimate of drug-likeness (QED) is 0.602. The van der Waals surface area contributed by atoms with Gasteiger partial charge in [0.2, 0.25) is 5.91 Å². The lowest BCUT2D eigenvalue weighted by Gasteiger charge is -2.34. The van der Waals surface area contributed by atoms with Crippen LogP contribution in [-0.4, -0.2) is 36.9 Å². The third-order valence-electron chi connectivity index (χ3n) is 3.97. The zero-order chi connectivity index (χ0) is 16.8. The number of rotatable bonds is 4. The predicted molar refractivity (Wildman–Crippen MR) is 97.5 cm³/mol. The Morgan fingerprint density at radius 2 is 2.35 bits per heavy atom. The molecule has 1 aromatic rings. The van der Waals surface area contributed by atoms with Gasteiger partial charge < -0.3 is 16.0 Å². The molecule has 0 aliphatic carbocycles. The number of nitrogens with one attached hydrogen (secondary N) is 1. The Morgan fingerprint density at radius 1 is 1.57 bits per heavy atom. The molecule has 1 fully saturated rings. The second-order valence-corrected chi connectivity index (χ2v) is 7.08. The van der Waals surface area contributed by atoms with Crippen LogP contribution in [0.15, 0.2) is 27.7 Å². The van der Waals surface area contributed by atoms with Gasteiger partial charge in [-0.2, -0.15) is 0 Å². The van der Waals surface area contributed by atoms with Crippen molar-refractivity contribution in [1.82, 2.24) is 10.2 Å². The molecule has 0 radical (unpaired) electrons. The van der Waals surface area contributed by atoms with E-state index in [1.54, 1.807) is 7.05 Å². The van der Waals surface area contributed by atoms with E-state index in [0.29, 0.717) is 23.9 Å². The first-order chi connectivity index (χ1) is 11.0. The van der Waals surface area contributed by atoms with Crippen LogP contribution in [-0.2, 0) is 11.3 Å². The van der Waals surface area contributed by atoms with E-state index in [1.165, 1.54) is 0 Å². The molecule has 0 spiro atoms. The van der Waals surface area contributed by atoms with E-state index in [0.717, 1.165) is 41.9 Å². The Balaban J connectivity index is 1.95. The van der Waals surface area contributed by atoms with Crippen LogP contribution in [0, 0.1) is 5.92 Å². The Kier molecular flexibility index (Phi) is 6.72. The molecule has 126 valence electrons. The van der Waals surface area contributed by atoms with Crippen molar-refractivity contribution < 1.29 is 4.79 Å². The first-order valence-corrected chi connectivity index (χ1v) is 8.84. The molecule has 1 saturated heterocycles. The molecule has 5 nitrogen and oxygen atoms in total. The summed E-state index contributed by atoms with van der Waals surface area (Å²) in [5.74, 6) is 0.899. The van der Waals surface area contributed by atoms with E-state index in [-0.39, 0.29) is 5.91 Å². The highest BCUT2D eigenvalue weighted by Crippen LogP contribution is 2.22. The standard InChI is InChI=1S/C16H22BrClN4O/c1-20-16(21-9-12-4-5-13(17)8-14(12)18)22-6-2-3-11(10-22)7-15(19)23/h4-5,8,11H,2-3,6-7,9-10H2,1H3,(H2,19,23)(H,20,21). The summed E-state index contributed by atoms with van der Waals surface area (Å²) in [7, 11) is 1.77. The predicted octanol–water partition coefficient (Wildman–Crippen LogP) is 2.77. The Morgan fingerprint density at radius 3 is 3.00 bits per heavy atom. The summed E-state index contributed by atoms with van der Waals surface area (Å²) in [6.45, 7) is 2.34. The SMILES string of the molecule is CN=C(NCc1ccc(Br)cc1Cl)N1CCCC(CC(N)=O)C1. The number of halogens is 2. The van der Waals surface area contributed by atoms with Crippen molar-refractivity contribution in [2.75, 3.05) is 20.1 Å². The third-order valence-corrected chi connectivity index (χ3v) is 4.82. The number of primary amides is 1. The number of carbonyl (C=O) groups is 1. The van der Waals surface area contributed by atoms with Gasteiger partial charge >= 0.3 is 0 Å². The fraction of sp³-hybridized carbons (Fsp3) is 0.500. The van der Waals surface area contributed by atoms with Crippen molar-refractivity contribution in [3.05, 3.63) is 33.3 Å². The average Bonchev–Trinajstić information content (AvgIpc) is 2.49. The molecular formula is C16H22BrClN4O. The second kappa shape index (κ2) is 8.55. The summed E-state index contributed by atoms with van der Waals surface area (Å²) in [4.78, 5) is 17.7. The number of benzene rings is 1. The van der Waals surface area contributed by atoms with Gasteiger partial charge in [0.05, 0.1) is 0 Å². The summed E-state index contributed by atoms with van der Waals surface area (Å²) in [6, 6.07) is 5.83. The van der Waals surface area contributed by atoms with Gasteiger partial charge in [-0.1, -0.05) is 33.6 Å². The van der Waals surface area contributed by atoms with Crippen LogP contribution >= 0.6 is 27.5 Å². The van der Waals surface area contributed by atoms with Crippen LogP contribution in [0.1, 0.15) is 24.8 Å². The molecule has 0 bridgehead atoms. The van der Waals surface area contributed by atoms with Crippen molar-refractivity contribution in [2.24, 2.45) is 16.6 Å². The lowest BCUT2D eigenvalue weighted by atomic mass is 9.95. The number of aliphatic imine (C=N–C) groups is 1. The number of piperidine rings is 1. The van der Waals surface area contributed by atoms with Gasteiger partial charge in [0.25, 0.3) is 0 Å². The monoisotopic (exact) mass is 400 g/mol. The van der Waals surface area contributed by atoms with Gasteiger partial charge in [0.1, 0.15) is 0 Å². The first-order valence-electron chi connectivity index (χ1n) is 7.67. The van der Waals surface area contributed by atoms with Crippen LogP contribution < -0.4 is 11.1 Å². The van der Waals surface area contributed by atoms with E-state index < -0.39 is 0 Å². The fourth-order valence-electron chi connectivity index (χ4n) is 2.88. The number of likely N-dealkylation sites (tertiary alicyclic amines) is 1. The molecule has 1 aliphatic rings. The Hall–Kier alpha value is -1.27. The number of hydrogen-bond acceptors (Lipinski definition) is 2.